The molecule has 5 rings (SSSR count). The summed E-state index contributed by atoms with van der Waals surface area (Å²) in [4.78, 5) is 44.3. The van der Waals surface area contributed by atoms with Gasteiger partial charge < -0.3 is 15.1 Å². The minimum atomic E-state index is -0.664. The van der Waals surface area contributed by atoms with Crippen LogP contribution in [-0.4, -0.2) is 65.3 Å². The van der Waals surface area contributed by atoms with Crippen molar-refractivity contribution in [2.24, 2.45) is 10.8 Å². The van der Waals surface area contributed by atoms with E-state index in [9.17, 15) is 18.8 Å². The van der Waals surface area contributed by atoms with Crippen molar-refractivity contribution in [3.8, 4) is 0 Å². The van der Waals surface area contributed by atoms with Crippen LogP contribution in [0.5, 0.6) is 0 Å². The third-order valence-electron chi connectivity index (χ3n) is 7.70. The van der Waals surface area contributed by atoms with Gasteiger partial charge in [-0.05, 0) is 47.8 Å². The first-order valence-corrected chi connectivity index (χ1v) is 11.6. The Morgan fingerprint density at radius 1 is 1.15 bits per heavy atom. The van der Waals surface area contributed by atoms with Gasteiger partial charge in [0.15, 0.2) is 0 Å². The number of nitrogens with zero attached hydrogens (tertiary/aromatic N) is 3. The van der Waals surface area contributed by atoms with Crippen LogP contribution in [-0.2, 0) is 9.59 Å². The average Bonchev–Trinajstić information content (AvgIpc) is 3.18. The molecule has 176 valence electrons. The van der Waals surface area contributed by atoms with E-state index in [1.807, 2.05) is 4.90 Å². The number of carbonyl (C=O) groups is 3. The summed E-state index contributed by atoms with van der Waals surface area (Å²) in [6.07, 6.45) is 3.08. The van der Waals surface area contributed by atoms with Crippen molar-refractivity contribution in [2.45, 2.75) is 52.1 Å². The highest BCUT2D eigenvalue weighted by molar-refractivity contribution is 6.03. The molecule has 7 nitrogen and oxygen atoms in total. The van der Waals surface area contributed by atoms with E-state index in [4.69, 9.17) is 0 Å². The molecule has 3 unspecified atom stereocenters. The molecule has 3 atom stereocenters. The molecule has 3 heterocycles. The highest BCUT2D eigenvalue weighted by atomic mass is 19.1. The lowest BCUT2D eigenvalue weighted by atomic mass is 9.65. The number of fused-ring (bicyclic) bond motifs is 2. The molecule has 1 saturated heterocycles. The van der Waals surface area contributed by atoms with E-state index in [0.717, 1.165) is 25.8 Å². The molecule has 8 heteroatoms. The smallest absolute Gasteiger partial charge is 0.322 e. The molecular weight excluding hydrogens is 423 g/mol. The summed E-state index contributed by atoms with van der Waals surface area (Å²) in [6.45, 7) is 7.73. The van der Waals surface area contributed by atoms with E-state index in [1.54, 1.807) is 19.2 Å². The molecule has 1 aliphatic carbocycles. The molecule has 0 aromatic heterocycles. The highest BCUT2D eigenvalue weighted by Gasteiger charge is 2.51. The Bertz CT molecular complexity index is 1070. The van der Waals surface area contributed by atoms with Gasteiger partial charge >= 0.3 is 6.03 Å². The molecule has 33 heavy (non-hydrogen) atoms. The lowest BCUT2D eigenvalue weighted by Gasteiger charge is -2.39. The second-order valence-corrected chi connectivity index (χ2v) is 11.3. The van der Waals surface area contributed by atoms with Crippen molar-refractivity contribution in [2.75, 3.05) is 26.7 Å². The number of rotatable bonds is 3. The van der Waals surface area contributed by atoms with Crippen molar-refractivity contribution in [3.05, 3.63) is 46.9 Å². The van der Waals surface area contributed by atoms with E-state index in [-0.39, 0.29) is 53.6 Å². The van der Waals surface area contributed by atoms with Crippen LogP contribution in [0.2, 0.25) is 0 Å². The zero-order chi connectivity index (χ0) is 23.7. The van der Waals surface area contributed by atoms with Gasteiger partial charge in [0.2, 0.25) is 5.91 Å². The fourth-order valence-electron chi connectivity index (χ4n) is 6.66. The fraction of sp³-hybridized carbons (Fsp3) is 0.560. The van der Waals surface area contributed by atoms with Gasteiger partial charge in [0.05, 0.1) is 23.9 Å². The molecule has 1 aromatic carbocycles. The predicted molar refractivity (Wildman–Crippen MR) is 120 cm³/mol. The van der Waals surface area contributed by atoms with Crippen molar-refractivity contribution in [1.29, 1.82) is 0 Å². The maximum absolute atomic E-state index is 13.4. The quantitative estimate of drug-likeness (QED) is 0.763. The first-order valence-electron chi connectivity index (χ1n) is 11.6. The Kier molecular flexibility index (Phi) is 4.85. The number of likely N-dealkylation sites (N-methyl/N-ethyl adjacent to an activating group) is 1. The first kappa shape index (κ1) is 21.9. The Hall–Kier alpha value is -2.90. The second-order valence-electron chi connectivity index (χ2n) is 11.3. The molecule has 0 radical (unpaired) electrons. The summed E-state index contributed by atoms with van der Waals surface area (Å²) >= 11 is 0. The second kappa shape index (κ2) is 7.30. The number of carbonyl (C=O) groups excluding carboxylic acids is 3. The number of urea groups is 1. The Balaban J connectivity index is 1.36. The van der Waals surface area contributed by atoms with Crippen molar-refractivity contribution in [3.63, 3.8) is 0 Å². The topological polar surface area (TPSA) is 73.0 Å². The van der Waals surface area contributed by atoms with Crippen LogP contribution in [0, 0.1) is 16.6 Å². The molecule has 2 fully saturated rings. The number of benzene rings is 1. The third-order valence-corrected chi connectivity index (χ3v) is 7.70. The van der Waals surface area contributed by atoms with Crippen LogP contribution < -0.4 is 5.32 Å². The number of halogens is 1. The normalized spacial score (nSPS) is 30.6. The molecule has 4 amide bonds. The largest absolute Gasteiger partial charge is 0.338 e. The maximum atomic E-state index is 13.4. The zero-order valence-corrected chi connectivity index (χ0v) is 19.7. The molecular formula is C25H31FN4O3. The van der Waals surface area contributed by atoms with E-state index < -0.39 is 6.04 Å². The minimum Gasteiger partial charge on any atom is -0.338 e. The standard InChI is InChI=1S/C25H31FN4O3/c1-24(2)9-17-10-25(3,13-24)14-30(17)19(31)12-29-11-18-20(22(29)32)21(27-23(33)28(18)4)15-5-7-16(26)8-6-15/h5-8,17,21H,9-14H2,1-4H3,(H,27,33). The summed E-state index contributed by atoms with van der Waals surface area (Å²) in [5.41, 5.74) is 2.01. The predicted octanol–water partition coefficient (Wildman–Crippen LogP) is 3.05. The summed E-state index contributed by atoms with van der Waals surface area (Å²) in [5.74, 6) is -0.673. The van der Waals surface area contributed by atoms with E-state index >= 15 is 0 Å². The van der Waals surface area contributed by atoms with Crippen molar-refractivity contribution in [1.82, 2.24) is 20.0 Å². The molecule has 2 bridgehead atoms. The third kappa shape index (κ3) is 3.69. The Morgan fingerprint density at radius 3 is 2.55 bits per heavy atom. The SMILES string of the molecule is CN1C(=O)NC(c2ccc(F)cc2)C2=C1CN(CC(=O)N1CC3(C)CC1CC(C)(C)C3)C2=O. The summed E-state index contributed by atoms with van der Waals surface area (Å²) < 4.78 is 13.4. The van der Waals surface area contributed by atoms with Crippen LogP contribution in [0.1, 0.15) is 51.6 Å². The molecule has 4 aliphatic rings. The van der Waals surface area contributed by atoms with Gasteiger partial charge in [0.1, 0.15) is 12.4 Å². The van der Waals surface area contributed by atoms with Gasteiger partial charge in [-0.3, -0.25) is 14.5 Å². The minimum absolute atomic E-state index is 0.00297. The average molecular weight is 455 g/mol. The van der Waals surface area contributed by atoms with Gasteiger partial charge in [-0.2, -0.15) is 0 Å². The monoisotopic (exact) mass is 454 g/mol. The fourth-order valence-corrected chi connectivity index (χ4v) is 6.66. The maximum Gasteiger partial charge on any atom is 0.322 e. The molecule has 3 aliphatic heterocycles. The van der Waals surface area contributed by atoms with Gasteiger partial charge in [0, 0.05) is 19.6 Å². The summed E-state index contributed by atoms with van der Waals surface area (Å²) in [5, 5.41) is 2.84. The van der Waals surface area contributed by atoms with Crippen LogP contribution in [0.25, 0.3) is 0 Å². The molecule has 0 spiro atoms. The molecule has 1 saturated carbocycles. The number of hydrogen-bond donors (Lipinski definition) is 1. The van der Waals surface area contributed by atoms with E-state index in [1.165, 1.54) is 21.9 Å². The van der Waals surface area contributed by atoms with E-state index in [2.05, 4.69) is 26.1 Å². The van der Waals surface area contributed by atoms with Gasteiger partial charge in [-0.25, -0.2) is 9.18 Å². The van der Waals surface area contributed by atoms with Crippen molar-refractivity contribution >= 4 is 17.8 Å². The first-order chi connectivity index (χ1) is 15.5. The Morgan fingerprint density at radius 2 is 1.85 bits per heavy atom. The van der Waals surface area contributed by atoms with Gasteiger partial charge in [-0.1, -0.05) is 32.9 Å². The van der Waals surface area contributed by atoms with Gasteiger partial charge in [-0.15, -0.1) is 0 Å². The van der Waals surface area contributed by atoms with Crippen molar-refractivity contribution < 1.29 is 18.8 Å². The Labute approximate surface area is 193 Å². The lowest BCUT2D eigenvalue weighted by Crippen LogP contribution is -2.45. The van der Waals surface area contributed by atoms with Gasteiger partial charge in [0.25, 0.3) is 5.91 Å². The van der Waals surface area contributed by atoms with Crippen LogP contribution >= 0.6 is 0 Å². The highest BCUT2D eigenvalue weighted by Crippen LogP contribution is 2.52. The van der Waals surface area contributed by atoms with Crippen LogP contribution in [0.15, 0.2) is 35.5 Å². The number of hydrogen-bond acceptors (Lipinski definition) is 3. The zero-order valence-electron chi connectivity index (χ0n) is 19.7. The summed E-state index contributed by atoms with van der Waals surface area (Å²) in [7, 11) is 1.62. The lowest BCUT2D eigenvalue weighted by molar-refractivity contribution is -0.138. The summed E-state index contributed by atoms with van der Waals surface area (Å²) in [6, 6.07) is 5.00. The number of amides is 4. The number of nitrogens with one attached hydrogen (secondary N) is 1. The van der Waals surface area contributed by atoms with Crippen LogP contribution in [0.3, 0.4) is 0 Å². The molecule has 1 N–H and O–H groups in total. The molecule has 1 aromatic rings. The van der Waals surface area contributed by atoms with Crippen LogP contribution in [0.4, 0.5) is 9.18 Å². The van der Waals surface area contributed by atoms with E-state index in [0.29, 0.717) is 16.8 Å². The number of likely N-dealkylation sites (tertiary alicyclic amines) is 1.